The predicted molar refractivity (Wildman–Crippen MR) is 73.5 cm³/mol. The number of benzene rings is 1. The Labute approximate surface area is 112 Å². The fourth-order valence-electron chi connectivity index (χ4n) is 2.13. The molecule has 19 heavy (non-hydrogen) atoms. The molecule has 5 heteroatoms. The summed E-state index contributed by atoms with van der Waals surface area (Å²) in [7, 11) is 0. The zero-order valence-corrected chi connectivity index (χ0v) is 10.6. The minimum absolute atomic E-state index is 0.0495. The second-order valence-corrected chi connectivity index (χ2v) is 4.46. The Morgan fingerprint density at radius 1 is 1.63 bits per heavy atom. The Hall–Kier alpha value is -2.30. The van der Waals surface area contributed by atoms with Crippen LogP contribution in [0.4, 0.5) is 0 Å². The summed E-state index contributed by atoms with van der Waals surface area (Å²) >= 11 is 0. The molecule has 1 unspecified atom stereocenters. The summed E-state index contributed by atoms with van der Waals surface area (Å²) in [5, 5.41) is 10.2. The number of hydrogen-bond acceptors (Lipinski definition) is 3. The summed E-state index contributed by atoms with van der Waals surface area (Å²) in [6, 6.07) is 5.52. The highest BCUT2D eigenvalue weighted by atomic mass is 16.5. The summed E-state index contributed by atoms with van der Waals surface area (Å²) in [6.07, 6.45) is 2.04. The first kappa shape index (κ1) is 13.1. The van der Waals surface area contributed by atoms with Gasteiger partial charge in [-0.2, -0.15) is 0 Å². The molecule has 0 saturated carbocycles. The molecule has 0 radical (unpaired) electrons. The molecule has 0 aromatic heterocycles. The fraction of sp³-hybridized carbons (Fsp3) is 0.286. The summed E-state index contributed by atoms with van der Waals surface area (Å²) in [4.78, 5) is 11.1. The van der Waals surface area contributed by atoms with E-state index in [0.717, 1.165) is 17.7 Å². The van der Waals surface area contributed by atoms with Gasteiger partial charge in [-0.1, -0.05) is 6.58 Å². The highest BCUT2D eigenvalue weighted by Crippen LogP contribution is 2.36. The molecule has 1 amide bonds. The third kappa shape index (κ3) is 2.93. The molecule has 1 aliphatic rings. The molecule has 0 saturated heterocycles. The van der Waals surface area contributed by atoms with Crippen molar-refractivity contribution in [1.82, 2.24) is 5.32 Å². The summed E-state index contributed by atoms with van der Waals surface area (Å²) in [6.45, 7) is 4.57. The van der Waals surface area contributed by atoms with Crippen LogP contribution in [0.1, 0.15) is 23.5 Å². The van der Waals surface area contributed by atoms with Crippen molar-refractivity contribution in [3.8, 4) is 5.75 Å². The largest absolute Gasteiger partial charge is 0.493 e. The number of nitrogens with two attached hydrogens (primary N) is 1. The number of fused-ring (bicyclic) bond motifs is 1. The number of hydrogen-bond donors (Lipinski definition) is 3. The SMILES string of the molecule is C=CC(=O)NCCC1COc2ccc(C(=N)N)cc21. The molecular formula is C14H17N3O2. The summed E-state index contributed by atoms with van der Waals surface area (Å²) < 4.78 is 5.59. The average molecular weight is 259 g/mol. The van der Waals surface area contributed by atoms with Gasteiger partial charge in [0, 0.05) is 23.6 Å². The first-order chi connectivity index (χ1) is 9.11. The van der Waals surface area contributed by atoms with Crippen LogP contribution in [0, 0.1) is 5.41 Å². The Balaban J connectivity index is 2.03. The van der Waals surface area contributed by atoms with Gasteiger partial charge in [-0.15, -0.1) is 0 Å². The Bertz CT molecular complexity index is 525. The van der Waals surface area contributed by atoms with Gasteiger partial charge in [-0.3, -0.25) is 10.2 Å². The zero-order valence-electron chi connectivity index (χ0n) is 10.6. The molecule has 100 valence electrons. The van der Waals surface area contributed by atoms with E-state index >= 15 is 0 Å². The van der Waals surface area contributed by atoms with Crippen LogP contribution < -0.4 is 15.8 Å². The second-order valence-electron chi connectivity index (χ2n) is 4.46. The lowest BCUT2D eigenvalue weighted by molar-refractivity contribution is -0.116. The Morgan fingerprint density at radius 3 is 3.11 bits per heavy atom. The van der Waals surface area contributed by atoms with Gasteiger partial charge in [-0.05, 0) is 30.7 Å². The van der Waals surface area contributed by atoms with Gasteiger partial charge in [0.1, 0.15) is 11.6 Å². The third-order valence-corrected chi connectivity index (χ3v) is 3.18. The van der Waals surface area contributed by atoms with Crippen LogP contribution in [-0.2, 0) is 4.79 Å². The lowest BCUT2D eigenvalue weighted by Gasteiger charge is -2.10. The molecule has 2 rings (SSSR count). The van der Waals surface area contributed by atoms with Crippen LogP contribution in [-0.4, -0.2) is 24.9 Å². The molecule has 0 bridgehead atoms. The number of nitrogen functional groups attached to an aromatic ring is 1. The molecule has 1 heterocycles. The molecule has 1 atom stereocenters. The Morgan fingerprint density at radius 2 is 2.42 bits per heavy atom. The number of ether oxygens (including phenoxy) is 1. The molecule has 0 fully saturated rings. The monoisotopic (exact) mass is 259 g/mol. The maximum Gasteiger partial charge on any atom is 0.243 e. The van der Waals surface area contributed by atoms with E-state index in [1.165, 1.54) is 6.08 Å². The van der Waals surface area contributed by atoms with E-state index < -0.39 is 0 Å². The van der Waals surface area contributed by atoms with Crippen LogP contribution in [0.25, 0.3) is 0 Å². The number of carbonyl (C=O) groups excluding carboxylic acids is 1. The fourth-order valence-corrected chi connectivity index (χ4v) is 2.13. The van der Waals surface area contributed by atoms with E-state index in [-0.39, 0.29) is 17.7 Å². The predicted octanol–water partition coefficient (Wildman–Crippen LogP) is 1.14. The third-order valence-electron chi connectivity index (χ3n) is 3.18. The zero-order chi connectivity index (χ0) is 13.8. The van der Waals surface area contributed by atoms with Crippen molar-refractivity contribution in [1.29, 1.82) is 5.41 Å². The molecule has 1 aromatic carbocycles. The molecule has 0 spiro atoms. The highest BCUT2D eigenvalue weighted by Gasteiger charge is 2.24. The van der Waals surface area contributed by atoms with Crippen LogP contribution >= 0.6 is 0 Å². The van der Waals surface area contributed by atoms with Crippen molar-refractivity contribution in [2.75, 3.05) is 13.2 Å². The number of amides is 1. The van der Waals surface area contributed by atoms with Gasteiger partial charge < -0.3 is 15.8 Å². The van der Waals surface area contributed by atoms with Gasteiger partial charge in [0.2, 0.25) is 5.91 Å². The topological polar surface area (TPSA) is 88.2 Å². The highest BCUT2D eigenvalue weighted by molar-refractivity contribution is 5.95. The van der Waals surface area contributed by atoms with Crippen molar-refractivity contribution in [3.63, 3.8) is 0 Å². The number of nitrogens with one attached hydrogen (secondary N) is 2. The van der Waals surface area contributed by atoms with Crippen LogP contribution in [0.2, 0.25) is 0 Å². The first-order valence-corrected chi connectivity index (χ1v) is 6.13. The normalized spacial score (nSPS) is 16.3. The van der Waals surface area contributed by atoms with Gasteiger partial charge in [-0.25, -0.2) is 0 Å². The molecule has 4 N–H and O–H groups in total. The molecule has 5 nitrogen and oxygen atoms in total. The van der Waals surface area contributed by atoms with Gasteiger partial charge >= 0.3 is 0 Å². The maximum atomic E-state index is 11.1. The quantitative estimate of drug-likeness (QED) is 0.421. The van der Waals surface area contributed by atoms with Crippen LogP contribution in [0.5, 0.6) is 5.75 Å². The van der Waals surface area contributed by atoms with E-state index in [0.29, 0.717) is 18.7 Å². The van der Waals surface area contributed by atoms with E-state index in [1.54, 1.807) is 6.07 Å². The van der Waals surface area contributed by atoms with E-state index in [2.05, 4.69) is 11.9 Å². The smallest absolute Gasteiger partial charge is 0.243 e. The van der Waals surface area contributed by atoms with Crippen LogP contribution in [0.15, 0.2) is 30.9 Å². The van der Waals surface area contributed by atoms with E-state index in [1.807, 2.05) is 12.1 Å². The standard InChI is InChI=1S/C14H17N3O2/c1-2-13(18)17-6-5-10-8-19-12-4-3-9(14(15)16)7-11(10)12/h2-4,7,10H,1,5-6,8H2,(H3,15,16)(H,17,18). The lowest BCUT2D eigenvalue weighted by atomic mass is 9.96. The van der Waals surface area contributed by atoms with Crippen molar-refractivity contribution in [3.05, 3.63) is 42.0 Å². The minimum Gasteiger partial charge on any atom is -0.493 e. The maximum absolute atomic E-state index is 11.1. The van der Waals surface area contributed by atoms with Gasteiger partial charge in [0.25, 0.3) is 0 Å². The van der Waals surface area contributed by atoms with Gasteiger partial charge in [0.15, 0.2) is 0 Å². The van der Waals surface area contributed by atoms with E-state index in [4.69, 9.17) is 15.9 Å². The lowest BCUT2D eigenvalue weighted by Crippen LogP contribution is -2.23. The van der Waals surface area contributed by atoms with Crippen molar-refractivity contribution in [2.45, 2.75) is 12.3 Å². The number of rotatable bonds is 5. The summed E-state index contributed by atoms with van der Waals surface area (Å²) in [5.74, 6) is 0.939. The molecule has 0 aliphatic carbocycles. The van der Waals surface area contributed by atoms with Crippen LogP contribution in [0.3, 0.4) is 0 Å². The van der Waals surface area contributed by atoms with Gasteiger partial charge in [0.05, 0.1) is 6.61 Å². The van der Waals surface area contributed by atoms with Crippen molar-refractivity contribution < 1.29 is 9.53 Å². The molecular weight excluding hydrogens is 242 g/mol. The molecule has 1 aliphatic heterocycles. The van der Waals surface area contributed by atoms with Crippen molar-refractivity contribution >= 4 is 11.7 Å². The minimum atomic E-state index is -0.170. The summed E-state index contributed by atoms with van der Waals surface area (Å²) in [5.41, 5.74) is 7.24. The Kier molecular flexibility index (Phi) is 3.85. The van der Waals surface area contributed by atoms with Crippen molar-refractivity contribution in [2.24, 2.45) is 5.73 Å². The second kappa shape index (κ2) is 5.56. The molecule has 1 aromatic rings. The van der Waals surface area contributed by atoms with E-state index in [9.17, 15) is 4.79 Å². The number of carbonyl (C=O) groups is 1. The average Bonchev–Trinajstić information content (AvgIpc) is 2.81. The number of amidine groups is 1. The first-order valence-electron chi connectivity index (χ1n) is 6.13.